The van der Waals surface area contributed by atoms with Gasteiger partial charge in [-0.05, 0) is 24.8 Å². The third-order valence-electron chi connectivity index (χ3n) is 2.06. The Labute approximate surface area is 98.1 Å². The van der Waals surface area contributed by atoms with Gasteiger partial charge in [-0.25, -0.2) is 15.0 Å². The molecule has 0 aliphatic heterocycles. The molecule has 5 nitrogen and oxygen atoms in total. The van der Waals surface area contributed by atoms with Gasteiger partial charge in [0.05, 0.1) is 5.69 Å². The molecule has 16 heavy (non-hydrogen) atoms. The smallest absolute Gasteiger partial charge is 0.195 e. The standard InChI is InChI=1S/C10H13N5S/c1-7-5-8(6-11)14-9(13-7)16-10-12-3-4-15(10)2/h3-5H,6,11H2,1-2H3. The van der Waals surface area contributed by atoms with Crippen LogP contribution in [0.2, 0.25) is 0 Å². The van der Waals surface area contributed by atoms with E-state index in [0.717, 1.165) is 16.5 Å². The van der Waals surface area contributed by atoms with Crippen molar-refractivity contribution in [3.05, 3.63) is 29.8 Å². The monoisotopic (exact) mass is 235 g/mol. The molecule has 2 aromatic rings. The lowest BCUT2D eigenvalue weighted by molar-refractivity contribution is 0.780. The summed E-state index contributed by atoms with van der Waals surface area (Å²) in [4.78, 5) is 12.9. The minimum absolute atomic E-state index is 0.428. The highest BCUT2D eigenvalue weighted by Gasteiger charge is 2.06. The maximum absolute atomic E-state index is 5.57. The maximum atomic E-state index is 5.57. The molecule has 0 aliphatic rings. The summed E-state index contributed by atoms with van der Waals surface area (Å²) in [7, 11) is 1.94. The van der Waals surface area contributed by atoms with Crippen LogP contribution >= 0.6 is 11.8 Å². The Kier molecular flexibility index (Phi) is 3.21. The van der Waals surface area contributed by atoms with Gasteiger partial charge in [0.15, 0.2) is 10.3 Å². The lowest BCUT2D eigenvalue weighted by atomic mass is 10.3. The van der Waals surface area contributed by atoms with Crippen molar-refractivity contribution in [3.63, 3.8) is 0 Å². The number of nitrogens with zero attached hydrogens (tertiary/aromatic N) is 4. The molecule has 2 N–H and O–H groups in total. The van der Waals surface area contributed by atoms with Gasteiger partial charge in [0.25, 0.3) is 0 Å². The molecular formula is C10H13N5S. The van der Waals surface area contributed by atoms with Gasteiger partial charge in [0.1, 0.15) is 0 Å². The van der Waals surface area contributed by atoms with Gasteiger partial charge in [0, 0.05) is 31.7 Å². The topological polar surface area (TPSA) is 69.6 Å². The second-order valence-electron chi connectivity index (χ2n) is 3.41. The van der Waals surface area contributed by atoms with E-state index >= 15 is 0 Å². The molecular weight excluding hydrogens is 222 g/mol. The summed E-state index contributed by atoms with van der Waals surface area (Å²) in [5.74, 6) is 0. The summed E-state index contributed by atoms with van der Waals surface area (Å²) in [5, 5.41) is 1.56. The van der Waals surface area contributed by atoms with E-state index < -0.39 is 0 Å². The van der Waals surface area contributed by atoms with Gasteiger partial charge in [0.2, 0.25) is 0 Å². The molecule has 2 aromatic heterocycles. The number of imidazole rings is 1. The Morgan fingerprint density at radius 1 is 1.44 bits per heavy atom. The first kappa shape index (κ1) is 11.1. The second kappa shape index (κ2) is 4.63. The molecule has 0 bridgehead atoms. The summed E-state index contributed by atoms with van der Waals surface area (Å²) >= 11 is 1.44. The van der Waals surface area contributed by atoms with E-state index in [4.69, 9.17) is 5.73 Å². The highest BCUT2D eigenvalue weighted by atomic mass is 32.2. The van der Waals surface area contributed by atoms with E-state index in [1.807, 2.05) is 30.8 Å². The van der Waals surface area contributed by atoms with Crippen molar-refractivity contribution in [3.8, 4) is 0 Å². The van der Waals surface area contributed by atoms with Crippen molar-refractivity contribution in [2.45, 2.75) is 23.8 Å². The molecule has 0 spiro atoms. The molecule has 0 aromatic carbocycles. The molecule has 6 heteroatoms. The molecule has 0 aliphatic carbocycles. The predicted molar refractivity (Wildman–Crippen MR) is 62.0 cm³/mol. The zero-order chi connectivity index (χ0) is 11.5. The van der Waals surface area contributed by atoms with Crippen molar-refractivity contribution in [2.75, 3.05) is 0 Å². The van der Waals surface area contributed by atoms with Gasteiger partial charge in [-0.15, -0.1) is 0 Å². The largest absolute Gasteiger partial charge is 0.329 e. The van der Waals surface area contributed by atoms with Crippen LogP contribution in [0.3, 0.4) is 0 Å². The lowest BCUT2D eigenvalue weighted by Gasteiger charge is -2.03. The predicted octanol–water partition coefficient (Wildman–Crippen LogP) is 1.13. The molecule has 0 radical (unpaired) electrons. The number of aryl methyl sites for hydroxylation is 2. The summed E-state index contributed by atoms with van der Waals surface area (Å²) < 4.78 is 1.93. The molecule has 0 fully saturated rings. The fourth-order valence-corrected chi connectivity index (χ4v) is 2.12. The third kappa shape index (κ3) is 2.40. The Morgan fingerprint density at radius 2 is 2.25 bits per heavy atom. The number of hydrogen-bond acceptors (Lipinski definition) is 5. The van der Waals surface area contributed by atoms with E-state index in [0.29, 0.717) is 11.7 Å². The fraction of sp³-hybridized carbons (Fsp3) is 0.300. The maximum Gasteiger partial charge on any atom is 0.195 e. The number of aromatic nitrogens is 4. The highest BCUT2D eigenvalue weighted by Crippen LogP contribution is 2.22. The molecule has 0 unspecified atom stereocenters. The lowest BCUT2D eigenvalue weighted by Crippen LogP contribution is -2.03. The van der Waals surface area contributed by atoms with Crippen LogP contribution in [0, 0.1) is 6.92 Å². The first-order valence-corrected chi connectivity index (χ1v) is 5.70. The minimum atomic E-state index is 0.428. The van der Waals surface area contributed by atoms with Crippen LogP contribution in [0.1, 0.15) is 11.4 Å². The molecule has 0 saturated carbocycles. The van der Waals surface area contributed by atoms with Gasteiger partial charge in [-0.3, -0.25) is 0 Å². The summed E-state index contributed by atoms with van der Waals surface area (Å²) in [6.07, 6.45) is 3.64. The number of nitrogens with two attached hydrogens (primary N) is 1. The Hall–Kier alpha value is -1.40. The van der Waals surface area contributed by atoms with E-state index in [2.05, 4.69) is 15.0 Å². The van der Waals surface area contributed by atoms with E-state index in [-0.39, 0.29) is 0 Å². The van der Waals surface area contributed by atoms with Gasteiger partial charge < -0.3 is 10.3 Å². The second-order valence-corrected chi connectivity index (χ2v) is 4.34. The first-order chi connectivity index (χ1) is 7.69. The Balaban J connectivity index is 2.28. The first-order valence-electron chi connectivity index (χ1n) is 4.89. The van der Waals surface area contributed by atoms with E-state index in [1.165, 1.54) is 11.8 Å². The molecule has 0 saturated heterocycles. The van der Waals surface area contributed by atoms with Crippen LogP contribution in [-0.4, -0.2) is 19.5 Å². The van der Waals surface area contributed by atoms with Crippen LogP contribution < -0.4 is 5.73 Å². The molecule has 2 heterocycles. The highest BCUT2D eigenvalue weighted by molar-refractivity contribution is 7.99. The molecule has 0 amide bonds. The van der Waals surface area contributed by atoms with Crippen LogP contribution in [0.4, 0.5) is 0 Å². The van der Waals surface area contributed by atoms with Crippen molar-refractivity contribution in [1.82, 2.24) is 19.5 Å². The van der Waals surface area contributed by atoms with Crippen LogP contribution in [-0.2, 0) is 13.6 Å². The Bertz CT molecular complexity index is 494. The van der Waals surface area contributed by atoms with Gasteiger partial charge in [-0.1, -0.05) is 0 Å². The summed E-state index contributed by atoms with van der Waals surface area (Å²) in [6, 6.07) is 1.89. The van der Waals surface area contributed by atoms with Gasteiger partial charge in [-0.2, -0.15) is 0 Å². The van der Waals surface area contributed by atoms with Crippen molar-refractivity contribution >= 4 is 11.8 Å². The normalized spacial score (nSPS) is 10.7. The van der Waals surface area contributed by atoms with Crippen molar-refractivity contribution < 1.29 is 0 Å². The van der Waals surface area contributed by atoms with Crippen LogP contribution in [0.15, 0.2) is 28.8 Å². The van der Waals surface area contributed by atoms with Crippen molar-refractivity contribution in [1.29, 1.82) is 0 Å². The molecule has 2 rings (SSSR count). The minimum Gasteiger partial charge on any atom is -0.329 e. The molecule has 84 valence electrons. The van der Waals surface area contributed by atoms with Crippen LogP contribution in [0.5, 0.6) is 0 Å². The zero-order valence-electron chi connectivity index (χ0n) is 9.21. The average molecular weight is 235 g/mol. The number of rotatable bonds is 3. The van der Waals surface area contributed by atoms with Crippen LogP contribution in [0.25, 0.3) is 0 Å². The van der Waals surface area contributed by atoms with Gasteiger partial charge >= 0.3 is 0 Å². The summed E-state index contributed by atoms with van der Waals surface area (Å²) in [5.41, 5.74) is 7.34. The number of hydrogen-bond donors (Lipinski definition) is 1. The summed E-state index contributed by atoms with van der Waals surface area (Å²) in [6.45, 7) is 2.36. The third-order valence-corrected chi connectivity index (χ3v) is 3.00. The Morgan fingerprint density at radius 3 is 2.88 bits per heavy atom. The van der Waals surface area contributed by atoms with Crippen molar-refractivity contribution in [2.24, 2.45) is 12.8 Å². The SMILES string of the molecule is Cc1cc(CN)nc(Sc2nccn2C)n1. The quantitative estimate of drug-likeness (QED) is 0.808. The van der Waals surface area contributed by atoms with E-state index in [1.54, 1.807) is 6.20 Å². The zero-order valence-corrected chi connectivity index (χ0v) is 10.0. The molecule has 0 atom stereocenters. The average Bonchev–Trinajstić information content (AvgIpc) is 2.63. The fourth-order valence-electron chi connectivity index (χ4n) is 1.29. The van der Waals surface area contributed by atoms with E-state index in [9.17, 15) is 0 Å².